The number of carbonyl (C=O) groups excluding carboxylic acids is 2. The molecule has 0 saturated carbocycles. The van der Waals surface area contributed by atoms with Crippen molar-refractivity contribution < 1.29 is 9.59 Å². The summed E-state index contributed by atoms with van der Waals surface area (Å²) in [5.41, 5.74) is 9.36. The highest BCUT2D eigenvalue weighted by atomic mass is 16.2. The molecule has 0 aliphatic heterocycles. The second-order valence-electron chi connectivity index (χ2n) is 7.90. The zero-order chi connectivity index (χ0) is 22.9. The van der Waals surface area contributed by atoms with E-state index in [1.807, 2.05) is 6.92 Å². The molecule has 1 aromatic carbocycles. The van der Waals surface area contributed by atoms with Gasteiger partial charge in [-0.2, -0.15) is 0 Å². The van der Waals surface area contributed by atoms with Gasteiger partial charge >= 0.3 is 0 Å². The van der Waals surface area contributed by atoms with Crippen LogP contribution in [-0.2, 0) is 22.4 Å². The van der Waals surface area contributed by atoms with Crippen molar-refractivity contribution in [3.63, 3.8) is 0 Å². The van der Waals surface area contributed by atoms with E-state index in [1.165, 1.54) is 11.1 Å². The molecular formula is C25H42N4O2. The number of amides is 2. The summed E-state index contributed by atoms with van der Waals surface area (Å²) in [5, 5.41) is 8.81. The number of hydrogen-bond acceptors (Lipinski definition) is 4. The Balaban J connectivity index is 2.32. The number of allylic oxidation sites excluding steroid dienone is 2. The first-order valence-electron chi connectivity index (χ1n) is 11.8. The first-order valence-corrected chi connectivity index (χ1v) is 11.8. The monoisotopic (exact) mass is 430 g/mol. The van der Waals surface area contributed by atoms with Crippen LogP contribution in [0, 0.1) is 0 Å². The first-order chi connectivity index (χ1) is 15.0. The van der Waals surface area contributed by atoms with Crippen LogP contribution < -0.4 is 21.7 Å². The number of nitrogens with two attached hydrogens (primary N) is 1. The van der Waals surface area contributed by atoms with Crippen LogP contribution in [0.3, 0.4) is 0 Å². The molecule has 1 aromatic rings. The lowest BCUT2D eigenvalue weighted by Crippen LogP contribution is -2.47. The molecule has 2 amide bonds. The van der Waals surface area contributed by atoms with E-state index in [9.17, 15) is 9.59 Å². The van der Waals surface area contributed by atoms with Gasteiger partial charge in [0.25, 0.3) is 0 Å². The topological polar surface area (TPSA) is 96.2 Å². The Labute approximate surface area is 188 Å². The third-order valence-corrected chi connectivity index (χ3v) is 5.27. The average Bonchev–Trinajstić information content (AvgIpc) is 2.77. The predicted octanol–water partition coefficient (Wildman–Crippen LogP) is 3.21. The third kappa shape index (κ3) is 11.6. The summed E-state index contributed by atoms with van der Waals surface area (Å²) in [6.07, 6.45) is 10.1. The second-order valence-corrected chi connectivity index (χ2v) is 7.90. The van der Waals surface area contributed by atoms with Crippen molar-refractivity contribution in [2.24, 2.45) is 5.73 Å². The molecular weight excluding hydrogens is 388 g/mol. The Morgan fingerprint density at radius 1 is 1.00 bits per heavy atom. The van der Waals surface area contributed by atoms with Gasteiger partial charge in [0.05, 0.1) is 6.54 Å². The molecule has 0 bridgehead atoms. The minimum atomic E-state index is -0.552. The first kappa shape index (κ1) is 26.7. The number of carbonyl (C=O) groups is 2. The molecule has 0 aliphatic carbocycles. The molecule has 0 aliphatic rings. The van der Waals surface area contributed by atoms with E-state index >= 15 is 0 Å². The van der Waals surface area contributed by atoms with Gasteiger partial charge in [0.15, 0.2) is 0 Å². The molecule has 6 nitrogen and oxygen atoms in total. The molecule has 0 heterocycles. The summed E-state index contributed by atoms with van der Waals surface area (Å²) in [6, 6.07) is 7.98. The molecule has 0 saturated heterocycles. The van der Waals surface area contributed by atoms with Gasteiger partial charge in [-0.05, 0) is 69.5 Å². The van der Waals surface area contributed by atoms with Gasteiger partial charge in [-0.15, -0.1) is 0 Å². The van der Waals surface area contributed by atoms with E-state index in [1.54, 1.807) is 6.92 Å². The maximum atomic E-state index is 12.3. The van der Waals surface area contributed by atoms with Gasteiger partial charge < -0.3 is 21.7 Å². The van der Waals surface area contributed by atoms with E-state index in [-0.39, 0.29) is 18.4 Å². The summed E-state index contributed by atoms with van der Waals surface area (Å²) >= 11 is 0. The number of nitrogens with one attached hydrogen (secondary N) is 3. The number of benzene rings is 1. The van der Waals surface area contributed by atoms with Crippen LogP contribution in [-0.4, -0.2) is 37.5 Å². The van der Waals surface area contributed by atoms with Crippen LogP contribution in [0.5, 0.6) is 0 Å². The fraction of sp³-hybridized carbons (Fsp3) is 0.600. The summed E-state index contributed by atoms with van der Waals surface area (Å²) in [5.74, 6) is -0.329. The fourth-order valence-electron chi connectivity index (χ4n) is 3.47. The van der Waals surface area contributed by atoms with E-state index in [0.717, 1.165) is 63.6 Å². The van der Waals surface area contributed by atoms with Gasteiger partial charge in [-0.1, -0.05) is 50.6 Å². The maximum Gasteiger partial charge on any atom is 0.242 e. The summed E-state index contributed by atoms with van der Waals surface area (Å²) in [4.78, 5) is 24.4. The number of hydrogen-bond donors (Lipinski definition) is 4. The van der Waals surface area contributed by atoms with Gasteiger partial charge in [-0.25, -0.2) is 0 Å². The molecule has 1 unspecified atom stereocenters. The molecule has 1 atom stereocenters. The van der Waals surface area contributed by atoms with Crippen molar-refractivity contribution in [1.29, 1.82) is 0 Å². The third-order valence-electron chi connectivity index (χ3n) is 5.27. The largest absolute Gasteiger partial charge is 0.380 e. The second kappa shape index (κ2) is 16.4. The minimum absolute atomic E-state index is 0.150. The van der Waals surface area contributed by atoms with Crippen molar-refractivity contribution in [2.75, 3.05) is 19.6 Å². The van der Waals surface area contributed by atoms with Crippen molar-refractivity contribution >= 4 is 11.8 Å². The average molecular weight is 431 g/mol. The Kier molecular flexibility index (Phi) is 14.1. The van der Waals surface area contributed by atoms with Crippen LogP contribution in [0.15, 0.2) is 36.0 Å². The van der Waals surface area contributed by atoms with E-state index < -0.39 is 6.04 Å². The lowest BCUT2D eigenvalue weighted by molar-refractivity contribution is -0.128. The Bertz CT molecular complexity index is 688. The molecule has 0 spiro atoms. The summed E-state index contributed by atoms with van der Waals surface area (Å²) < 4.78 is 0. The highest BCUT2D eigenvalue weighted by molar-refractivity contribution is 5.88. The number of unbranched alkanes of at least 4 members (excludes halogenated alkanes) is 2. The maximum absolute atomic E-state index is 12.3. The molecule has 0 fully saturated rings. The van der Waals surface area contributed by atoms with Crippen LogP contribution in [0.1, 0.15) is 70.4 Å². The van der Waals surface area contributed by atoms with Gasteiger partial charge in [0, 0.05) is 12.2 Å². The van der Waals surface area contributed by atoms with Gasteiger partial charge in [-0.3, -0.25) is 9.59 Å². The van der Waals surface area contributed by atoms with E-state index in [0.29, 0.717) is 6.54 Å². The zero-order valence-electron chi connectivity index (χ0n) is 19.6. The molecule has 5 N–H and O–H groups in total. The summed E-state index contributed by atoms with van der Waals surface area (Å²) in [6.45, 7) is 7.35. The quantitative estimate of drug-likeness (QED) is 0.303. The minimum Gasteiger partial charge on any atom is -0.380 e. The number of rotatable bonds is 16. The standard InChI is InChI=1S/C25H42N4O2/c1-4-12-23(5-2)28-19-24(30)29-20(3)25(31)27-18-11-16-22-15-9-8-14-21(22)13-7-6-10-17-26/h8-9,12,14-15,20,28H,4-7,10-11,13,16-19,26H2,1-3H3,(H,27,31)(H,29,30)/b23-12-. The lowest BCUT2D eigenvalue weighted by Gasteiger charge is -2.15. The Morgan fingerprint density at radius 2 is 1.68 bits per heavy atom. The zero-order valence-corrected chi connectivity index (χ0v) is 19.6. The van der Waals surface area contributed by atoms with Crippen LogP contribution in [0.2, 0.25) is 0 Å². The van der Waals surface area contributed by atoms with Crippen molar-refractivity contribution in [2.45, 2.75) is 78.2 Å². The van der Waals surface area contributed by atoms with Crippen LogP contribution >= 0.6 is 0 Å². The van der Waals surface area contributed by atoms with Crippen molar-refractivity contribution in [1.82, 2.24) is 16.0 Å². The SMILES string of the molecule is CC/C=C(/CC)NCC(=O)NC(C)C(=O)NCCCc1ccccc1CCCCCN. The Hall–Kier alpha value is -2.34. The Morgan fingerprint density at radius 3 is 2.29 bits per heavy atom. The van der Waals surface area contributed by atoms with E-state index in [2.05, 4.69) is 53.2 Å². The predicted molar refractivity (Wildman–Crippen MR) is 129 cm³/mol. The van der Waals surface area contributed by atoms with E-state index in [4.69, 9.17) is 5.73 Å². The fourth-order valence-corrected chi connectivity index (χ4v) is 3.47. The molecule has 0 radical (unpaired) electrons. The molecule has 0 aromatic heterocycles. The van der Waals surface area contributed by atoms with Crippen molar-refractivity contribution in [3.8, 4) is 0 Å². The molecule has 174 valence electrons. The molecule has 6 heteroatoms. The smallest absolute Gasteiger partial charge is 0.242 e. The number of aryl methyl sites for hydroxylation is 2. The molecule has 31 heavy (non-hydrogen) atoms. The van der Waals surface area contributed by atoms with Gasteiger partial charge in [0.1, 0.15) is 6.04 Å². The summed E-state index contributed by atoms with van der Waals surface area (Å²) in [7, 11) is 0. The highest BCUT2D eigenvalue weighted by Gasteiger charge is 2.15. The highest BCUT2D eigenvalue weighted by Crippen LogP contribution is 2.14. The lowest BCUT2D eigenvalue weighted by atomic mass is 9.98. The van der Waals surface area contributed by atoms with Gasteiger partial charge in [0.2, 0.25) is 11.8 Å². The van der Waals surface area contributed by atoms with Crippen LogP contribution in [0.25, 0.3) is 0 Å². The normalized spacial score (nSPS) is 12.3. The van der Waals surface area contributed by atoms with Crippen LogP contribution in [0.4, 0.5) is 0 Å². The van der Waals surface area contributed by atoms with Crippen molar-refractivity contribution in [3.05, 3.63) is 47.2 Å². The molecule has 1 rings (SSSR count).